The Hall–Kier alpha value is -2.12. The van der Waals surface area contributed by atoms with Gasteiger partial charge in [-0.3, -0.25) is 4.84 Å². The average molecular weight is 397 g/mol. The molecule has 0 saturated carbocycles. The van der Waals surface area contributed by atoms with Gasteiger partial charge in [-0.05, 0) is 29.3 Å². The number of carbonyl (C=O) groups excluding carboxylic acids is 1. The van der Waals surface area contributed by atoms with Crippen LogP contribution in [-0.4, -0.2) is 32.9 Å². The van der Waals surface area contributed by atoms with E-state index in [-0.39, 0.29) is 5.71 Å². The lowest BCUT2D eigenvalue weighted by molar-refractivity contribution is -0.132. The Morgan fingerprint density at radius 1 is 1.12 bits per heavy atom. The number of carbonyl (C=O) groups is 1. The second-order valence-corrected chi connectivity index (χ2v) is 5.98. The molecule has 0 aliphatic carbocycles. The number of benzene rings is 2. The smallest absolute Gasteiger partial charge is 0.360 e. The summed E-state index contributed by atoms with van der Waals surface area (Å²) < 4.78 is 4.81. The summed E-state index contributed by atoms with van der Waals surface area (Å²) in [5.74, 6) is -0.633. The molecule has 0 saturated heterocycles. The first-order valence-electron chi connectivity index (χ1n) is 7.59. The van der Waals surface area contributed by atoms with Gasteiger partial charge in [-0.15, -0.1) is 0 Å². The summed E-state index contributed by atoms with van der Waals surface area (Å²) in [5, 5.41) is 4.74. The zero-order valence-corrected chi connectivity index (χ0v) is 16.0. The molecule has 2 aromatic rings. The molecule has 0 radical (unpaired) electrons. The van der Waals surface area contributed by atoms with E-state index in [1.165, 1.54) is 14.2 Å². The van der Waals surface area contributed by atoms with Crippen LogP contribution in [0.2, 0.25) is 10.0 Å². The Bertz CT molecular complexity index is 791. The first-order chi connectivity index (χ1) is 12.5. The molecule has 0 spiro atoms. The molecule has 1 unspecified atom stereocenters. The Balaban J connectivity index is 2.63. The number of rotatable bonds is 7. The van der Waals surface area contributed by atoms with Gasteiger partial charge in [0.05, 0.1) is 7.11 Å². The molecule has 2 rings (SSSR count). The molecule has 0 amide bonds. The first kappa shape index (κ1) is 20.2. The summed E-state index contributed by atoms with van der Waals surface area (Å²) >= 11 is 12.3. The highest BCUT2D eigenvalue weighted by Gasteiger charge is 2.25. The van der Waals surface area contributed by atoms with Crippen molar-refractivity contribution in [1.29, 1.82) is 0 Å². The fraction of sp³-hybridized carbons (Fsp3) is 0.222. The molecule has 0 bridgehead atoms. The normalized spacial score (nSPS) is 12.6. The van der Waals surface area contributed by atoms with Crippen LogP contribution in [0.15, 0.2) is 47.6 Å². The van der Waals surface area contributed by atoms with Crippen molar-refractivity contribution < 1.29 is 19.2 Å². The van der Waals surface area contributed by atoms with Crippen LogP contribution in [0, 0.1) is 0 Å². The molecule has 8 heteroatoms. The predicted molar refractivity (Wildman–Crippen MR) is 100 cm³/mol. The predicted octanol–water partition coefficient (Wildman–Crippen LogP) is 3.76. The van der Waals surface area contributed by atoms with Crippen molar-refractivity contribution in [2.75, 3.05) is 21.3 Å². The SMILES string of the molecule is CNOC(c1cc(Cl)cc(Cl)c1)c1ccccc1C(=NOC)C(=O)OC. The van der Waals surface area contributed by atoms with E-state index in [9.17, 15) is 4.79 Å². The molecule has 1 atom stereocenters. The van der Waals surface area contributed by atoms with Gasteiger partial charge in [0.25, 0.3) is 0 Å². The van der Waals surface area contributed by atoms with E-state index in [4.69, 9.17) is 37.6 Å². The van der Waals surface area contributed by atoms with E-state index in [1.54, 1.807) is 43.4 Å². The minimum Gasteiger partial charge on any atom is -0.464 e. The van der Waals surface area contributed by atoms with Crippen LogP contribution >= 0.6 is 23.2 Å². The number of methoxy groups -OCH3 is 1. The number of hydrogen-bond acceptors (Lipinski definition) is 6. The van der Waals surface area contributed by atoms with Gasteiger partial charge in [-0.25, -0.2) is 10.3 Å². The Kier molecular flexibility index (Phi) is 7.41. The highest BCUT2D eigenvalue weighted by atomic mass is 35.5. The van der Waals surface area contributed by atoms with Crippen LogP contribution in [0.3, 0.4) is 0 Å². The van der Waals surface area contributed by atoms with E-state index < -0.39 is 12.1 Å². The van der Waals surface area contributed by atoms with Gasteiger partial charge in [-0.2, -0.15) is 0 Å². The minimum absolute atomic E-state index is 0.0171. The zero-order valence-electron chi connectivity index (χ0n) is 14.5. The Labute approximate surface area is 161 Å². The number of ether oxygens (including phenoxy) is 1. The number of nitrogens with one attached hydrogen (secondary N) is 1. The van der Waals surface area contributed by atoms with Gasteiger partial charge in [0.2, 0.25) is 0 Å². The summed E-state index contributed by atoms with van der Waals surface area (Å²) in [6, 6.07) is 12.2. The fourth-order valence-corrected chi connectivity index (χ4v) is 3.02. The summed E-state index contributed by atoms with van der Waals surface area (Å²) in [4.78, 5) is 22.6. The Morgan fingerprint density at radius 2 is 1.77 bits per heavy atom. The third-order valence-electron chi connectivity index (χ3n) is 3.48. The fourth-order valence-electron chi connectivity index (χ4n) is 2.48. The van der Waals surface area contributed by atoms with E-state index in [1.807, 2.05) is 6.07 Å². The highest BCUT2D eigenvalue weighted by molar-refractivity contribution is 6.43. The van der Waals surface area contributed by atoms with Crippen LogP contribution < -0.4 is 5.48 Å². The second-order valence-electron chi connectivity index (χ2n) is 5.11. The van der Waals surface area contributed by atoms with Crippen molar-refractivity contribution in [2.24, 2.45) is 5.16 Å². The molecule has 1 N–H and O–H groups in total. The van der Waals surface area contributed by atoms with Crippen LogP contribution in [0.4, 0.5) is 0 Å². The van der Waals surface area contributed by atoms with Gasteiger partial charge in [0, 0.05) is 22.7 Å². The lowest BCUT2D eigenvalue weighted by Gasteiger charge is -2.21. The maximum absolute atomic E-state index is 12.1. The molecule has 0 fully saturated rings. The molecule has 26 heavy (non-hydrogen) atoms. The molecular formula is C18H18Cl2N2O4. The topological polar surface area (TPSA) is 69.1 Å². The number of hydrogen-bond donors (Lipinski definition) is 1. The average Bonchev–Trinajstić information content (AvgIpc) is 2.63. The van der Waals surface area contributed by atoms with Crippen molar-refractivity contribution in [3.05, 3.63) is 69.2 Å². The summed E-state index contributed by atoms with van der Waals surface area (Å²) in [6.07, 6.45) is -0.612. The highest BCUT2D eigenvalue weighted by Crippen LogP contribution is 2.32. The molecular weight excluding hydrogens is 379 g/mol. The van der Waals surface area contributed by atoms with Crippen LogP contribution in [0.25, 0.3) is 0 Å². The van der Waals surface area contributed by atoms with Crippen molar-refractivity contribution in [3.63, 3.8) is 0 Å². The van der Waals surface area contributed by atoms with Gasteiger partial charge >= 0.3 is 5.97 Å². The van der Waals surface area contributed by atoms with E-state index >= 15 is 0 Å². The monoisotopic (exact) mass is 396 g/mol. The van der Waals surface area contributed by atoms with Gasteiger partial charge in [-0.1, -0.05) is 52.6 Å². The molecule has 2 aromatic carbocycles. The first-order valence-corrected chi connectivity index (χ1v) is 8.34. The van der Waals surface area contributed by atoms with Gasteiger partial charge < -0.3 is 9.57 Å². The summed E-state index contributed by atoms with van der Waals surface area (Å²) in [5.41, 5.74) is 4.54. The Morgan fingerprint density at radius 3 is 2.35 bits per heavy atom. The van der Waals surface area contributed by atoms with Crippen LogP contribution in [0.5, 0.6) is 0 Å². The summed E-state index contributed by atoms with van der Waals surface area (Å²) in [6.45, 7) is 0. The molecule has 0 heterocycles. The van der Waals surface area contributed by atoms with Crippen molar-refractivity contribution >= 4 is 34.9 Å². The number of nitrogens with zero attached hydrogens (tertiary/aromatic N) is 1. The van der Waals surface area contributed by atoms with Crippen molar-refractivity contribution in [1.82, 2.24) is 5.48 Å². The zero-order chi connectivity index (χ0) is 19.1. The van der Waals surface area contributed by atoms with Crippen molar-refractivity contribution in [2.45, 2.75) is 6.10 Å². The lowest BCUT2D eigenvalue weighted by atomic mass is 9.94. The van der Waals surface area contributed by atoms with E-state index in [2.05, 4.69) is 10.6 Å². The largest absolute Gasteiger partial charge is 0.464 e. The number of esters is 1. The molecule has 0 aliphatic heterocycles. The van der Waals surface area contributed by atoms with Gasteiger partial charge in [0.15, 0.2) is 5.71 Å². The second kappa shape index (κ2) is 9.54. The number of hydroxylamine groups is 1. The standard InChI is InChI=1S/C18H18Cl2N2O4/c1-21-26-17(11-8-12(19)10-13(20)9-11)15-7-5-4-6-14(15)16(22-25-3)18(23)24-2/h4-10,17,21H,1-3H3. The quantitative estimate of drug-likeness (QED) is 0.438. The third-order valence-corrected chi connectivity index (χ3v) is 3.92. The minimum atomic E-state index is -0.633. The molecule has 6 nitrogen and oxygen atoms in total. The number of halogens is 2. The van der Waals surface area contributed by atoms with E-state index in [0.29, 0.717) is 26.7 Å². The molecule has 0 aromatic heterocycles. The maximum Gasteiger partial charge on any atom is 0.360 e. The van der Waals surface area contributed by atoms with Gasteiger partial charge in [0.1, 0.15) is 13.2 Å². The maximum atomic E-state index is 12.1. The van der Waals surface area contributed by atoms with Crippen molar-refractivity contribution in [3.8, 4) is 0 Å². The molecule has 0 aliphatic rings. The van der Waals surface area contributed by atoms with Crippen LogP contribution in [0.1, 0.15) is 22.8 Å². The lowest BCUT2D eigenvalue weighted by Crippen LogP contribution is -2.23. The third kappa shape index (κ3) is 4.74. The molecule has 138 valence electrons. The number of oxime groups is 1. The van der Waals surface area contributed by atoms with E-state index in [0.717, 1.165) is 0 Å². The summed E-state index contributed by atoms with van der Waals surface area (Å²) in [7, 11) is 4.25. The van der Waals surface area contributed by atoms with Crippen LogP contribution in [-0.2, 0) is 19.2 Å².